The maximum absolute atomic E-state index is 13.2. The number of allylic oxidation sites excluding steroid dienone is 1. The summed E-state index contributed by atoms with van der Waals surface area (Å²) in [5.41, 5.74) is 2.00. The highest BCUT2D eigenvalue weighted by Gasteiger charge is 2.59. The molecule has 0 aromatic carbocycles. The number of carbonyl (C=O) groups excluding carboxylic acids is 2. The number of aliphatic hydroxyl groups excluding tert-OH is 1. The van der Waals surface area contributed by atoms with E-state index in [-0.39, 0.29) is 47.9 Å². The fourth-order valence-electron chi connectivity index (χ4n) is 12.7. The van der Waals surface area contributed by atoms with Crippen molar-refractivity contribution in [1.29, 1.82) is 1.43 Å². The molecule has 0 aromatic heterocycles. The quantitative estimate of drug-likeness (QED) is 0.0512. The summed E-state index contributed by atoms with van der Waals surface area (Å²) in [7, 11) is -0.0569. The molecule has 1 saturated heterocycles. The molecule has 0 aromatic rings. The summed E-state index contributed by atoms with van der Waals surface area (Å²) in [6, 6.07) is 0.452. The predicted octanol–water partition coefficient (Wildman–Crippen LogP) is 12.2. The van der Waals surface area contributed by atoms with Crippen molar-refractivity contribution in [1.82, 2.24) is 14.9 Å². The SMILES string of the molecule is [3H]CC1(COP(OCC[N+]#[C-])N(C(C)C)C(C)C)CCN(C(=O)CCCCCNC(=O)O[C@H]2CC[C@@]3(C)C(=CC[C@H]4[C@@H]5CC[C@H]([C@H](C)CCCC(C)C)[C@@]5(C)CC[C@@H]43)C2)CC1.[3H]OC. The van der Waals surface area contributed by atoms with Gasteiger partial charge in [-0.1, -0.05) is 78.9 Å². The number of alkyl carbamates (subject to hydrolysis) is 1. The smallest absolute Gasteiger partial charge is 0.407 e. The van der Waals surface area contributed by atoms with E-state index in [0.29, 0.717) is 51.2 Å². The van der Waals surface area contributed by atoms with Gasteiger partial charge in [0, 0.05) is 53.0 Å². The summed E-state index contributed by atoms with van der Waals surface area (Å²) in [5, 5.41) is 6.51. The van der Waals surface area contributed by atoms with Crippen LogP contribution in [0.1, 0.15) is 180 Å². The molecule has 3 saturated carbocycles. The van der Waals surface area contributed by atoms with E-state index >= 15 is 0 Å². The molecule has 11 heteroatoms. The summed E-state index contributed by atoms with van der Waals surface area (Å²) in [5.74, 6) is 5.13. The molecule has 5 rings (SSSR count). The Morgan fingerprint density at radius 2 is 1.71 bits per heavy atom. The van der Waals surface area contributed by atoms with Crippen molar-refractivity contribution in [2.75, 3.05) is 46.5 Å². The van der Waals surface area contributed by atoms with Crippen molar-refractivity contribution < 1.29 is 29.9 Å². The van der Waals surface area contributed by atoms with Crippen molar-refractivity contribution in [3.63, 3.8) is 0 Å². The van der Waals surface area contributed by atoms with E-state index in [1.54, 1.807) is 5.57 Å². The molecule has 1 heterocycles. The van der Waals surface area contributed by atoms with Crippen LogP contribution in [0.4, 0.5) is 4.79 Å². The van der Waals surface area contributed by atoms with E-state index in [1.165, 1.54) is 58.5 Å². The fraction of sp³-hybridized carbons (Fsp3) is 0.902. The minimum atomic E-state index is -1.35. The molecule has 0 radical (unpaired) electrons. The topological polar surface area (TPSA) is 105 Å². The number of rotatable bonds is 21. The lowest BCUT2D eigenvalue weighted by Crippen LogP contribution is -2.51. The fourth-order valence-corrected chi connectivity index (χ4v) is 14.5. The Labute approximate surface area is 383 Å². The number of nitrogens with one attached hydrogen (secondary N) is 1. The van der Waals surface area contributed by atoms with E-state index in [2.05, 4.69) is 88.3 Å². The molecule has 1 unspecified atom stereocenters. The van der Waals surface area contributed by atoms with E-state index in [4.69, 9.17) is 23.2 Å². The third-order valence-corrected chi connectivity index (χ3v) is 18.2. The summed E-state index contributed by atoms with van der Waals surface area (Å²) >= 11 is 0. The number of hydrogen-bond donors (Lipinski definition) is 2. The van der Waals surface area contributed by atoms with Crippen LogP contribution in [0.2, 0.25) is 0 Å². The van der Waals surface area contributed by atoms with Gasteiger partial charge in [-0.2, -0.15) is 0 Å². The standard InChI is InChI=1S/C50H87N4O5P.CH4O/c1-36(2)16-15-17-39(7)43-21-22-44-42-20-19-40-34-41(23-25-49(40,9)45(42)24-26-50(43,44)10)59-47(56)52-29-14-12-13-18-46(55)53-31-27-48(8,28-32-53)35-58-60(57-33-30-51-11)54(37(3)4)38(5)6;1-2/h19,36-39,41-45H,12-18,20-35H2,1-10H3,(H,52,56);2H,1H3/t39-,41+,42+,43-,44+,45+,49+,50-,60?;/m1./s1/i8T;2T. The normalized spacial score (nSPS) is 30.5. The maximum atomic E-state index is 13.2. The lowest BCUT2D eigenvalue weighted by atomic mass is 9.47. The molecular weight excluding hydrogens is 796 g/mol. The number of nitrogens with zero attached hydrogens (tertiary/aromatic N) is 3. The zero-order chi connectivity index (χ0) is 47.1. The molecule has 1 aliphatic heterocycles. The number of hydrogen-bond acceptors (Lipinski definition) is 7. The second-order valence-corrected chi connectivity index (χ2v) is 22.9. The molecule has 10 nitrogen and oxygen atoms in total. The summed E-state index contributed by atoms with van der Waals surface area (Å²) in [6.07, 6.45) is 20.6. The van der Waals surface area contributed by atoms with E-state index in [1.807, 2.05) is 4.90 Å². The molecule has 4 fully saturated rings. The highest BCUT2D eigenvalue weighted by atomic mass is 31.2. The third kappa shape index (κ3) is 13.6. The predicted molar refractivity (Wildman–Crippen MR) is 254 cm³/mol. The van der Waals surface area contributed by atoms with Crippen LogP contribution >= 0.6 is 8.53 Å². The lowest BCUT2D eigenvalue weighted by molar-refractivity contribution is -0.133. The average Bonchev–Trinajstić information content (AvgIpc) is 3.61. The average molecular weight is 891 g/mol. The van der Waals surface area contributed by atoms with Gasteiger partial charge in [0.15, 0.2) is 0 Å². The zero-order valence-electron chi connectivity index (χ0n) is 43.0. The van der Waals surface area contributed by atoms with E-state index < -0.39 is 8.53 Å². The van der Waals surface area contributed by atoms with E-state index in [9.17, 15) is 9.59 Å². The maximum Gasteiger partial charge on any atom is 0.407 e. The van der Waals surface area contributed by atoms with Gasteiger partial charge in [-0.3, -0.25) is 4.79 Å². The van der Waals surface area contributed by atoms with Crippen LogP contribution < -0.4 is 5.32 Å². The number of fused-ring (bicyclic) bond motifs is 5. The molecule has 4 aliphatic carbocycles. The van der Waals surface area contributed by atoms with Gasteiger partial charge in [-0.05, 0) is 150 Å². The molecule has 356 valence electrons. The molecular formula is C51H91N4O6P. The zero-order valence-corrected chi connectivity index (χ0v) is 41.9. The second kappa shape index (κ2) is 24.7. The van der Waals surface area contributed by atoms with Crippen molar-refractivity contribution in [2.24, 2.45) is 51.8 Å². The summed E-state index contributed by atoms with van der Waals surface area (Å²) in [6.45, 7) is 31.3. The number of ether oxygens (including phenoxy) is 1. The molecule has 0 bridgehead atoms. The summed E-state index contributed by atoms with van der Waals surface area (Å²) < 4.78 is 34.9. The van der Waals surface area contributed by atoms with Gasteiger partial charge in [-0.25, -0.2) is 16.0 Å². The Kier molecular flexibility index (Phi) is 19.8. The van der Waals surface area contributed by atoms with Gasteiger partial charge in [0.05, 0.1) is 6.61 Å². The van der Waals surface area contributed by atoms with Crippen molar-refractivity contribution >= 4 is 20.5 Å². The van der Waals surface area contributed by atoms with Gasteiger partial charge >= 0.3 is 6.09 Å². The first kappa shape index (κ1) is 49.7. The van der Waals surface area contributed by atoms with Crippen LogP contribution in [0, 0.1) is 58.3 Å². The minimum absolute atomic E-state index is 0.0456. The third-order valence-electron chi connectivity index (χ3n) is 16.2. The number of piperidine rings is 1. The van der Waals surface area contributed by atoms with Crippen LogP contribution in [-0.2, 0) is 18.6 Å². The molecule has 2 N–H and O–H groups in total. The van der Waals surface area contributed by atoms with Crippen LogP contribution in [0.15, 0.2) is 11.6 Å². The Hall–Kier alpha value is -1.76. The van der Waals surface area contributed by atoms with Crippen molar-refractivity contribution in [3.05, 3.63) is 23.1 Å². The molecule has 9 atom stereocenters. The van der Waals surface area contributed by atoms with Gasteiger partial charge in [-0.15, -0.1) is 0 Å². The second-order valence-electron chi connectivity index (χ2n) is 21.5. The van der Waals surface area contributed by atoms with Crippen molar-refractivity contribution in [2.45, 2.75) is 197 Å². The van der Waals surface area contributed by atoms with Gasteiger partial charge in [0.2, 0.25) is 13.9 Å². The number of carbonyl (C=O) groups is 2. The Morgan fingerprint density at radius 1 is 0.984 bits per heavy atom. The van der Waals surface area contributed by atoms with Crippen LogP contribution in [0.5, 0.6) is 0 Å². The van der Waals surface area contributed by atoms with E-state index in [0.717, 1.165) is 86.9 Å². The number of unbranched alkanes of at least 4 members (excludes halogenated alkanes) is 2. The monoisotopic (exact) mass is 891 g/mol. The number of aliphatic hydroxyl groups is 1. The molecule has 5 aliphatic rings. The lowest BCUT2D eigenvalue weighted by Gasteiger charge is -2.58. The van der Waals surface area contributed by atoms with Crippen LogP contribution in [0.3, 0.4) is 0 Å². The number of amides is 2. The van der Waals surface area contributed by atoms with Gasteiger partial charge in [0.1, 0.15) is 12.7 Å². The van der Waals surface area contributed by atoms with Crippen LogP contribution in [0.25, 0.3) is 4.85 Å². The van der Waals surface area contributed by atoms with Gasteiger partial charge < -0.3 is 34.0 Å². The van der Waals surface area contributed by atoms with Crippen molar-refractivity contribution in [3.8, 4) is 0 Å². The minimum Gasteiger partial charge on any atom is -0.446 e. The Bertz CT molecular complexity index is 1500. The Morgan fingerprint density at radius 3 is 2.37 bits per heavy atom. The first-order valence-electron chi connectivity index (χ1n) is 26.0. The first-order valence-corrected chi connectivity index (χ1v) is 26.0. The molecule has 62 heavy (non-hydrogen) atoms. The van der Waals surface area contributed by atoms with Gasteiger partial charge in [0.25, 0.3) is 8.53 Å². The number of likely N-dealkylation sites (tertiary alicyclic amines) is 1. The highest BCUT2D eigenvalue weighted by molar-refractivity contribution is 7.44. The highest BCUT2D eigenvalue weighted by Crippen LogP contribution is 2.67. The molecule has 0 spiro atoms. The summed E-state index contributed by atoms with van der Waals surface area (Å²) in [4.78, 5) is 31.5. The largest absolute Gasteiger partial charge is 0.446 e. The molecule has 2 amide bonds. The van der Waals surface area contributed by atoms with Crippen LogP contribution in [-0.4, -0.2) is 92.8 Å². The Balaban J connectivity index is 0.00000291. The first-order chi connectivity index (χ1) is 30.5.